The van der Waals surface area contributed by atoms with E-state index in [0.29, 0.717) is 24.3 Å². The predicted octanol–water partition coefficient (Wildman–Crippen LogP) is 3.57. The van der Waals surface area contributed by atoms with Crippen LogP contribution in [-0.4, -0.2) is 53.3 Å². The summed E-state index contributed by atoms with van der Waals surface area (Å²) in [6.45, 7) is 6.97. The molecule has 1 aliphatic heterocycles. The molecule has 0 bridgehead atoms. The summed E-state index contributed by atoms with van der Waals surface area (Å²) in [5.41, 5.74) is 3.17. The van der Waals surface area contributed by atoms with Gasteiger partial charge in [-0.1, -0.05) is 6.07 Å². The highest BCUT2D eigenvalue weighted by Crippen LogP contribution is 2.34. The minimum atomic E-state index is -1.52. The average molecular weight is 548 g/mol. The minimum Gasteiger partial charge on any atom is -0.494 e. The van der Waals surface area contributed by atoms with Crippen molar-refractivity contribution in [1.82, 2.24) is 10.9 Å². The highest BCUT2D eigenvalue weighted by Gasteiger charge is 2.50. The number of hydrogen-bond acceptors (Lipinski definition) is 8. The van der Waals surface area contributed by atoms with Crippen LogP contribution in [0.3, 0.4) is 0 Å². The lowest BCUT2D eigenvalue weighted by atomic mass is 9.88. The summed E-state index contributed by atoms with van der Waals surface area (Å²) in [5, 5.41) is 8.91. The molecule has 2 atom stereocenters. The second kappa shape index (κ2) is 13.0. The number of amides is 1. The first-order valence-electron chi connectivity index (χ1n) is 12.7. The Morgan fingerprint density at radius 1 is 1.13 bits per heavy atom. The molecule has 2 aromatic rings. The van der Waals surface area contributed by atoms with Gasteiger partial charge < -0.3 is 19.3 Å². The van der Waals surface area contributed by atoms with E-state index in [1.54, 1.807) is 52.0 Å². The number of nitrogens with one attached hydrogen (secondary N) is 2. The number of aliphatic hydroxyl groups is 1. The Kier molecular flexibility index (Phi) is 9.98. The number of hydrogen-bond donors (Lipinski definition) is 3. The van der Waals surface area contributed by atoms with Crippen LogP contribution < -0.4 is 15.6 Å². The van der Waals surface area contributed by atoms with E-state index >= 15 is 0 Å². The molecule has 0 saturated heterocycles. The van der Waals surface area contributed by atoms with Crippen molar-refractivity contribution in [3.8, 4) is 5.75 Å². The molecule has 0 fully saturated rings. The summed E-state index contributed by atoms with van der Waals surface area (Å²) >= 11 is 0. The van der Waals surface area contributed by atoms with E-state index in [4.69, 9.17) is 19.3 Å². The van der Waals surface area contributed by atoms with Crippen LogP contribution in [0, 0.1) is 11.6 Å². The fraction of sp³-hybridized carbons (Fsp3) is 0.464. The molecule has 0 unspecified atom stereocenters. The lowest BCUT2D eigenvalue weighted by Crippen LogP contribution is -2.54. The largest absolute Gasteiger partial charge is 0.494 e. The number of esters is 1. The first kappa shape index (κ1) is 30.0. The number of aliphatic hydroxyl groups excluding tert-OH is 1. The third-order valence-electron chi connectivity index (χ3n) is 5.99. The molecular weight excluding hydrogens is 512 g/mol. The molecule has 212 valence electrons. The lowest BCUT2D eigenvalue weighted by Gasteiger charge is -2.28. The van der Waals surface area contributed by atoms with E-state index in [2.05, 4.69) is 15.8 Å². The molecule has 3 rings (SSSR count). The summed E-state index contributed by atoms with van der Waals surface area (Å²) < 4.78 is 44.9. The van der Waals surface area contributed by atoms with Gasteiger partial charge in [-0.2, -0.15) is 0 Å². The Bertz CT molecular complexity index is 1160. The van der Waals surface area contributed by atoms with Gasteiger partial charge in [-0.05, 0) is 70.5 Å². The molecule has 0 saturated carbocycles. The first-order chi connectivity index (χ1) is 18.4. The molecule has 2 aromatic carbocycles. The third kappa shape index (κ3) is 7.96. The summed E-state index contributed by atoms with van der Waals surface area (Å²) in [7, 11) is 0. The monoisotopic (exact) mass is 547 g/mol. The van der Waals surface area contributed by atoms with Gasteiger partial charge in [0.15, 0.2) is 5.54 Å². The number of ether oxygens (including phenoxy) is 3. The van der Waals surface area contributed by atoms with Crippen molar-refractivity contribution in [2.45, 2.75) is 70.7 Å². The fourth-order valence-electron chi connectivity index (χ4n) is 3.96. The van der Waals surface area contributed by atoms with Gasteiger partial charge in [0.05, 0.1) is 6.61 Å². The Morgan fingerprint density at radius 3 is 2.41 bits per heavy atom. The van der Waals surface area contributed by atoms with E-state index in [0.717, 1.165) is 12.1 Å². The number of carbonyl (C=O) groups excluding carboxylic acids is 2. The molecular formula is C28H35F2N3O6. The quantitative estimate of drug-likeness (QED) is 0.211. The molecule has 11 heteroatoms. The van der Waals surface area contributed by atoms with Crippen molar-refractivity contribution >= 4 is 17.8 Å². The van der Waals surface area contributed by atoms with Crippen molar-refractivity contribution in [3.05, 3.63) is 65.2 Å². The summed E-state index contributed by atoms with van der Waals surface area (Å²) in [6.07, 6.45) is -0.421. The van der Waals surface area contributed by atoms with Gasteiger partial charge >= 0.3 is 5.97 Å². The van der Waals surface area contributed by atoms with Crippen LogP contribution in [0.15, 0.2) is 47.5 Å². The van der Waals surface area contributed by atoms with Crippen molar-refractivity contribution in [2.24, 2.45) is 4.99 Å². The predicted molar refractivity (Wildman–Crippen MR) is 140 cm³/mol. The SMILES string of the molecule is C[C@@H]1OC(c2ccc(OCCCO)cc2)=N[C@]1(CCC(=O)OC(C)(C)C)C(=O)NNCc1c(F)cccc1F. The molecule has 9 nitrogen and oxygen atoms in total. The molecule has 0 aromatic heterocycles. The summed E-state index contributed by atoms with van der Waals surface area (Å²) in [4.78, 5) is 30.6. The number of carbonyl (C=O) groups is 2. The molecule has 39 heavy (non-hydrogen) atoms. The number of aliphatic imine (C=N–C) groups is 1. The fourth-order valence-corrected chi connectivity index (χ4v) is 3.96. The van der Waals surface area contributed by atoms with Crippen LogP contribution in [-0.2, 0) is 25.6 Å². The van der Waals surface area contributed by atoms with Gasteiger partial charge in [0, 0.05) is 37.1 Å². The Morgan fingerprint density at radius 2 is 1.79 bits per heavy atom. The normalized spacial score (nSPS) is 18.7. The molecule has 0 spiro atoms. The number of benzene rings is 2. The molecule has 1 aliphatic rings. The highest BCUT2D eigenvalue weighted by molar-refractivity contribution is 6.00. The van der Waals surface area contributed by atoms with Crippen molar-refractivity contribution in [2.75, 3.05) is 13.2 Å². The third-order valence-corrected chi connectivity index (χ3v) is 5.99. The topological polar surface area (TPSA) is 118 Å². The second-order valence-corrected chi connectivity index (χ2v) is 10.1. The number of halogens is 2. The van der Waals surface area contributed by atoms with E-state index in [1.165, 1.54) is 6.07 Å². The van der Waals surface area contributed by atoms with Gasteiger partial charge in [-0.15, -0.1) is 0 Å². The van der Waals surface area contributed by atoms with Gasteiger partial charge in [-0.3, -0.25) is 15.0 Å². The Labute approximate surface area is 226 Å². The highest BCUT2D eigenvalue weighted by atomic mass is 19.1. The van der Waals surface area contributed by atoms with Crippen molar-refractivity contribution < 1.29 is 37.7 Å². The van der Waals surface area contributed by atoms with E-state index in [-0.39, 0.29) is 37.5 Å². The lowest BCUT2D eigenvalue weighted by molar-refractivity contribution is -0.155. The zero-order chi connectivity index (χ0) is 28.6. The molecule has 0 radical (unpaired) electrons. The van der Waals surface area contributed by atoms with Crippen molar-refractivity contribution in [1.29, 1.82) is 0 Å². The van der Waals surface area contributed by atoms with Crippen molar-refractivity contribution in [3.63, 3.8) is 0 Å². The van der Waals surface area contributed by atoms with Gasteiger partial charge in [0.2, 0.25) is 5.90 Å². The van der Waals surface area contributed by atoms with E-state index in [9.17, 15) is 18.4 Å². The maximum Gasteiger partial charge on any atom is 0.306 e. The van der Waals surface area contributed by atoms with E-state index < -0.39 is 40.8 Å². The van der Waals surface area contributed by atoms with Crippen LogP contribution in [0.25, 0.3) is 0 Å². The molecule has 1 heterocycles. The Balaban J connectivity index is 1.80. The summed E-state index contributed by atoms with van der Waals surface area (Å²) in [6, 6.07) is 10.4. The van der Waals surface area contributed by atoms with Crippen LogP contribution >= 0.6 is 0 Å². The van der Waals surface area contributed by atoms with Gasteiger partial charge in [0.1, 0.15) is 29.1 Å². The van der Waals surface area contributed by atoms with Crippen LogP contribution in [0.1, 0.15) is 58.1 Å². The molecule has 1 amide bonds. The number of rotatable bonds is 12. The molecule has 3 N–H and O–H groups in total. The molecule has 0 aliphatic carbocycles. The van der Waals surface area contributed by atoms with Gasteiger partial charge in [-0.25, -0.2) is 19.2 Å². The number of hydrazine groups is 1. The van der Waals surface area contributed by atoms with E-state index in [1.807, 2.05) is 0 Å². The number of nitrogens with zero attached hydrogens (tertiary/aromatic N) is 1. The minimum absolute atomic E-state index is 0.0259. The van der Waals surface area contributed by atoms with Crippen LogP contribution in [0.4, 0.5) is 8.78 Å². The average Bonchev–Trinajstić information content (AvgIpc) is 3.21. The maximum atomic E-state index is 14.0. The van der Waals surface area contributed by atoms with Crippen LogP contribution in [0.2, 0.25) is 0 Å². The second-order valence-electron chi connectivity index (χ2n) is 10.1. The zero-order valence-electron chi connectivity index (χ0n) is 22.6. The summed E-state index contributed by atoms with van der Waals surface area (Å²) in [5.74, 6) is -1.84. The van der Waals surface area contributed by atoms with Crippen LogP contribution in [0.5, 0.6) is 5.75 Å². The van der Waals surface area contributed by atoms with Gasteiger partial charge in [0.25, 0.3) is 5.91 Å². The Hall–Kier alpha value is -3.57. The first-order valence-corrected chi connectivity index (χ1v) is 12.7. The standard InChI is InChI=1S/C28H35F2N3O6/c1-18-28(14-13-24(35)39-27(2,3)4,26(36)33-31-17-21-22(29)7-5-8-23(21)30)32-25(38-18)19-9-11-20(12-10-19)37-16-6-15-34/h5,7-12,18,31,34H,6,13-17H2,1-4H3,(H,33,36)/t18-,28-/m0/s1. The smallest absolute Gasteiger partial charge is 0.306 e. The zero-order valence-corrected chi connectivity index (χ0v) is 22.6. The maximum absolute atomic E-state index is 14.0.